The summed E-state index contributed by atoms with van der Waals surface area (Å²) >= 11 is 0. The van der Waals surface area contributed by atoms with Gasteiger partial charge in [-0.05, 0) is 88.8 Å². The van der Waals surface area contributed by atoms with Crippen LogP contribution in [0.3, 0.4) is 0 Å². The summed E-state index contributed by atoms with van der Waals surface area (Å²) in [6, 6.07) is 6.66. The SMILES string of the molecule is CC(C)S(=O)(=O)N1CCC(CNC2C3Cc4ccc(O)cc4C2(C)CCN3C)CC1. The molecule has 2 N–H and O–H groups in total. The molecule has 0 amide bonds. The van der Waals surface area contributed by atoms with Crippen LogP contribution in [0.1, 0.15) is 51.2 Å². The van der Waals surface area contributed by atoms with E-state index >= 15 is 0 Å². The Bertz CT molecular complexity index is 880. The van der Waals surface area contributed by atoms with Crippen LogP contribution >= 0.6 is 0 Å². The van der Waals surface area contributed by atoms with Gasteiger partial charge in [0, 0.05) is 30.6 Å². The largest absolute Gasteiger partial charge is 0.508 e. The van der Waals surface area contributed by atoms with Crippen molar-refractivity contribution in [1.82, 2.24) is 14.5 Å². The van der Waals surface area contributed by atoms with E-state index in [0.29, 0.717) is 36.8 Å². The minimum Gasteiger partial charge on any atom is -0.508 e. The number of likely N-dealkylation sites (tertiary alicyclic amines) is 1. The number of sulfonamides is 1. The highest BCUT2D eigenvalue weighted by Gasteiger charge is 2.49. The number of nitrogens with zero attached hydrogens (tertiary/aromatic N) is 2. The first kappa shape index (κ1) is 22.1. The fourth-order valence-corrected chi connectivity index (χ4v) is 7.12. The van der Waals surface area contributed by atoms with Gasteiger partial charge < -0.3 is 15.3 Å². The van der Waals surface area contributed by atoms with Crippen molar-refractivity contribution in [3.8, 4) is 5.75 Å². The number of hydrogen-bond acceptors (Lipinski definition) is 5. The van der Waals surface area contributed by atoms with Crippen molar-refractivity contribution in [2.24, 2.45) is 5.92 Å². The van der Waals surface area contributed by atoms with Gasteiger partial charge >= 0.3 is 0 Å². The van der Waals surface area contributed by atoms with Gasteiger partial charge in [0.05, 0.1) is 5.25 Å². The number of piperidine rings is 2. The Balaban J connectivity index is 1.45. The van der Waals surface area contributed by atoms with Crippen LogP contribution < -0.4 is 5.32 Å². The van der Waals surface area contributed by atoms with Crippen molar-refractivity contribution in [1.29, 1.82) is 0 Å². The molecule has 168 valence electrons. The van der Waals surface area contributed by atoms with E-state index in [4.69, 9.17) is 0 Å². The Kier molecular flexibility index (Phi) is 5.94. The van der Waals surface area contributed by atoms with Crippen molar-refractivity contribution in [3.63, 3.8) is 0 Å². The summed E-state index contributed by atoms with van der Waals surface area (Å²) in [6.07, 6.45) is 3.91. The van der Waals surface area contributed by atoms with Gasteiger partial charge in [-0.1, -0.05) is 13.0 Å². The van der Waals surface area contributed by atoms with Crippen LogP contribution in [0.15, 0.2) is 18.2 Å². The van der Waals surface area contributed by atoms with Gasteiger partial charge in [-0.2, -0.15) is 0 Å². The van der Waals surface area contributed by atoms with Crippen LogP contribution in [0.25, 0.3) is 0 Å². The summed E-state index contributed by atoms with van der Waals surface area (Å²) in [6.45, 7) is 9.13. The number of fused-ring (bicyclic) bond motifs is 4. The molecule has 4 rings (SSSR count). The van der Waals surface area contributed by atoms with E-state index in [1.54, 1.807) is 18.2 Å². The lowest BCUT2D eigenvalue weighted by Crippen LogP contribution is -2.66. The summed E-state index contributed by atoms with van der Waals surface area (Å²) in [5, 5.41) is 13.7. The van der Waals surface area contributed by atoms with Gasteiger partial charge in [-0.25, -0.2) is 12.7 Å². The molecule has 30 heavy (non-hydrogen) atoms. The summed E-state index contributed by atoms with van der Waals surface area (Å²) in [7, 11) is -0.921. The molecular weight excluding hydrogens is 398 g/mol. The number of rotatable bonds is 5. The molecule has 3 aliphatic rings. The monoisotopic (exact) mass is 435 g/mol. The second-order valence-corrected chi connectivity index (χ2v) is 12.6. The van der Waals surface area contributed by atoms with Crippen LogP contribution in [-0.2, 0) is 21.9 Å². The van der Waals surface area contributed by atoms with Gasteiger partial charge in [-0.15, -0.1) is 0 Å². The van der Waals surface area contributed by atoms with E-state index in [9.17, 15) is 13.5 Å². The average molecular weight is 436 g/mol. The number of hydrogen-bond donors (Lipinski definition) is 2. The first-order chi connectivity index (χ1) is 14.1. The minimum atomic E-state index is -3.14. The van der Waals surface area contributed by atoms with E-state index in [-0.39, 0.29) is 10.7 Å². The molecule has 1 aromatic carbocycles. The van der Waals surface area contributed by atoms with Crippen LogP contribution in [0, 0.1) is 5.92 Å². The lowest BCUT2D eigenvalue weighted by Gasteiger charge is -2.55. The highest BCUT2D eigenvalue weighted by atomic mass is 32.2. The third-order valence-corrected chi connectivity index (χ3v) is 10.2. The Morgan fingerprint density at radius 1 is 1.23 bits per heavy atom. The zero-order chi connectivity index (χ0) is 21.7. The summed E-state index contributed by atoms with van der Waals surface area (Å²) in [5.41, 5.74) is 2.66. The Hall–Kier alpha value is -1.15. The molecule has 3 atom stereocenters. The maximum Gasteiger partial charge on any atom is 0.216 e. The molecule has 2 fully saturated rings. The summed E-state index contributed by atoms with van der Waals surface area (Å²) < 4.78 is 26.6. The molecule has 3 unspecified atom stereocenters. The fourth-order valence-electron chi connectivity index (χ4n) is 5.81. The number of benzene rings is 1. The summed E-state index contributed by atoms with van der Waals surface area (Å²) in [5.74, 6) is 0.855. The van der Waals surface area contributed by atoms with Crippen molar-refractivity contribution < 1.29 is 13.5 Å². The average Bonchev–Trinajstić information content (AvgIpc) is 2.71. The van der Waals surface area contributed by atoms with Crippen LogP contribution in [0.5, 0.6) is 5.75 Å². The second-order valence-electron chi connectivity index (χ2n) is 10.1. The Morgan fingerprint density at radius 2 is 1.93 bits per heavy atom. The topological polar surface area (TPSA) is 72.9 Å². The third kappa shape index (κ3) is 3.78. The number of phenols is 1. The lowest BCUT2D eigenvalue weighted by molar-refractivity contribution is 0.0620. The zero-order valence-corrected chi connectivity index (χ0v) is 19.6. The van der Waals surface area contributed by atoms with Gasteiger partial charge in [0.1, 0.15) is 5.75 Å². The molecule has 7 heteroatoms. The van der Waals surface area contributed by atoms with Crippen LogP contribution in [-0.4, -0.2) is 73.3 Å². The van der Waals surface area contributed by atoms with Crippen molar-refractivity contribution >= 4 is 10.0 Å². The molecular formula is C23H37N3O3S. The molecule has 2 saturated heterocycles. The van der Waals surface area contributed by atoms with E-state index in [0.717, 1.165) is 38.8 Å². The number of aromatic hydroxyl groups is 1. The van der Waals surface area contributed by atoms with E-state index < -0.39 is 10.0 Å². The second kappa shape index (κ2) is 8.08. The Labute approximate surface area is 181 Å². The van der Waals surface area contributed by atoms with Crippen LogP contribution in [0.2, 0.25) is 0 Å². The highest BCUT2D eigenvalue weighted by Crippen LogP contribution is 2.45. The smallest absolute Gasteiger partial charge is 0.216 e. The molecule has 1 aliphatic carbocycles. The van der Waals surface area contributed by atoms with Gasteiger partial charge in [0.2, 0.25) is 10.0 Å². The van der Waals surface area contributed by atoms with Crippen molar-refractivity contribution in [3.05, 3.63) is 29.3 Å². The molecule has 0 radical (unpaired) electrons. The normalized spacial score (nSPS) is 31.1. The zero-order valence-electron chi connectivity index (χ0n) is 18.8. The first-order valence-corrected chi connectivity index (χ1v) is 12.9. The number of nitrogens with one attached hydrogen (secondary N) is 1. The number of likely N-dealkylation sites (N-methyl/N-ethyl adjacent to an activating group) is 1. The molecule has 6 nitrogen and oxygen atoms in total. The molecule has 2 heterocycles. The van der Waals surface area contributed by atoms with Gasteiger partial charge in [0.25, 0.3) is 0 Å². The lowest BCUT2D eigenvalue weighted by atomic mass is 9.61. The number of phenolic OH excluding ortho intramolecular Hbond substituents is 1. The van der Waals surface area contributed by atoms with E-state index in [2.05, 4.69) is 30.3 Å². The first-order valence-electron chi connectivity index (χ1n) is 11.4. The standard InChI is InChI=1S/C23H37N3O3S/c1-16(2)30(28,29)26-10-7-17(8-11-26)15-24-22-21-13-18-5-6-19(27)14-20(18)23(22,3)9-12-25(21)4/h5-6,14,16-17,21-22,24,27H,7-13,15H2,1-4H3. The molecule has 0 spiro atoms. The molecule has 0 saturated carbocycles. The van der Waals surface area contributed by atoms with Crippen molar-refractivity contribution in [2.45, 2.75) is 69.2 Å². The minimum absolute atomic E-state index is 0.00514. The summed E-state index contributed by atoms with van der Waals surface area (Å²) in [4.78, 5) is 2.48. The highest BCUT2D eigenvalue weighted by molar-refractivity contribution is 7.89. The molecule has 0 aromatic heterocycles. The molecule has 1 aromatic rings. The molecule has 2 bridgehead atoms. The van der Waals surface area contributed by atoms with Crippen LogP contribution in [0.4, 0.5) is 0 Å². The predicted octanol–water partition coefficient (Wildman–Crippen LogP) is 2.32. The quantitative estimate of drug-likeness (QED) is 0.743. The van der Waals surface area contributed by atoms with Crippen molar-refractivity contribution in [2.75, 3.05) is 33.2 Å². The predicted molar refractivity (Wildman–Crippen MR) is 120 cm³/mol. The maximum atomic E-state index is 12.4. The van der Waals surface area contributed by atoms with E-state index in [1.165, 1.54) is 11.1 Å². The van der Waals surface area contributed by atoms with Gasteiger partial charge in [0.15, 0.2) is 0 Å². The Morgan fingerprint density at radius 3 is 2.60 bits per heavy atom. The fraction of sp³-hybridized carbons (Fsp3) is 0.739. The third-order valence-electron chi connectivity index (χ3n) is 7.91. The maximum absolute atomic E-state index is 12.4. The van der Waals surface area contributed by atoms with E-state index in [1.807, 2.05) is 12.1 Å². The molecule has 2 aliphatic heterocycles. The van der Waals surface area contributed by atoms with Gasteiger partial charge in [-0.3, -0.25) is 0 Å².